The van der Waals surface area contributed by atoms with Gasteiger partial charge in [0, 0.05) is 38.3 Å². The van der Waals surface area contributed by atoms with Crippen molar-refractivity contribution in [1.82, 2.24) is 10.2 Å². The number of likely N-dealkylation sites (N-methyl/N-ethyl adjacent to an activating group) is 1. The monoisotopic (exact) mass is 316 g/mol. The Morgan fingerprint density at radius 1 is 1.29 bits per heavy atom. The highest BCUT2D eigenvalue weighted by molar-refractivity contribution is 6.30. The molecule has 0 aliphatic heterocycles. The van der Waals surface area contributed by atoms with Crippen LogP contribution < -0.4 is 10.1 Å². The van der Waals surface area contributed by atoms with E-state index in [1.54, 1.807) is 31.4 Å². The summed E-state index contributed by atoms with van der Waals surface area (Å²) in [5, 5.41) is 13.7. The average Bonchev–Trinajstić information content (AvgIpc) is 2.49. The zero-order valence-electron chi connectivity index (χ0n) is 12.7. The van der Waals surface area contributed by atoms with Gasteiger partial charge in [-0.2, -0.15) is 0 Å². The first-order valence-electron chi connectivity index (χ1n) is 7.06. The third kappa shape index (κ3) is 8.90. The van der Waals surface area contributed by atoms with Gasteiger partial charge >= 0.3 is 0 Å². The van der Waals surface area contributed by atoms with Crippen LogP contribution in [0, 0.1) is 0 Å². The SMILES string of the molecule is COCCN(C)CCNCC(O)COc1ccc(Cl)cc1. The van der Waals surface area contributed by atoms with E-state index in [1.807, 2.05) is 7.05 Å². The molecule has 21 heavy (non-hydrogen) atoms. The highest BCUT2D eigenvalue weighted by atomic mass is 35.5. The fourth-order valence-corrected chi connectivity index (χ4v) is 1.81. The topological polar surface area (TPSA) is 54.0 Å². The molecule has 0 radical (unpaired) electrons. The summed E-state index contributed by atoms with van der Waals surface area (Å²) in [5.74, 6) is 0.706. The van der Waals surface area contributed by atoms with Crippen molar-refractivity contribution in [3.63, 3.8) is 0 Å². The second kappa shape index (κ2) is 10.8. The van der Waals surface area contributed by atoms with Crippen LogP contribution in [0.2, 0.25) is 5.02 Å². The molecule has 0 fully saturated rings. The molecule has 0 saturated carbocycles. The van der Waals surface area contributed by atoms with Crippen molar-refractivity contribution in [1.29, 1.82) is 0 Å². The fraction of sp³-hybridized carbons (Fsp3) is 0.600. The summed E-state index contributed by atoms with van der Waals surface area (Å²) < 4.78 is 10.5. The average molecular weight is 317 g/mol. The normalized spacial score (nSPS) is 12.6. The van der Waals surface area contributed by atoms with Gasteiger partial charge in [0.25, 0.3) is 0 Å². The van der Waals surface area contributed by atoms with Crippen LogP contribution in [0.1, 0.15) is 0 Å². The number of rotatable bonds is 11. The minimum atomic E-state index is -0.537. The number of aliphatic hydroxyl groups excluding tert-OH is 1. The van der Waals surface area contributed by atoms with E-state index in [0.29, 0.717) is 17.3 Å². The molecule has 0 spiro atoms. The Balaban J connectivity index is 2.06. The summed E-state index contributed by atoms with van der Waals surface area (Å²) >= 11 is 5.79. The van der Waals surface area contributed by atoms with Gasteiger partial charge in [0.2, 0.25) is 0 Å². The van der Waals surface area contributed by atoms with Gasteiger partial charge in [-0.25, -0.2) is 0 Å². The van der Waals surface area contributed by atoms with Crippen molar-refractivity contribution < 1.29 is 14.6 Å². The lowest BCUT2D eigenvalue weighted by atomic mass is 10.3. The van der Waals surface area contributed by atoms with Crippen LogP contribution in [0.3, 0.4) is 0 Å². The van der Waals surface area contributed by atoms with Crippen LogP contribution in [-0.2, 0) is 4.74 Å². The van der Waals surface area contributed by atoms with Crippen LogP contribution in [0.4, 0.5) is 0 Å². The molecule has 0 aromatic heterocycles. The quantitative estimate of drug-likeness (QED) is 0.602. The maximum atomic E-state index is 9.82. The molecule has 1 rings (SSSR count). The Kier molecular flexibility index (Phi) is 9.37. The molecule has 0 aliphatic carbocycles. The number of hydrogen-bond acceptors (Lipinski definition) is 5. The zero-order valence-corrected chi connectivity index (χ0v) is 13.5. The van der Waals surface area contributed by atoms with Crippen LogP contribution in [-0.4, -0.2) is 69.7 Å². The second-order valence-corrected chi connectivity index (χ2v) is 5.36. The number of methoxy groups -OCH3 is 1. The smallest absolute Gasteiger partial charge is 0.119 e. The number of halogens is 1. The lowest BCUT2D eigenvalue weighted by Gasteiger charge is -2.17. The van der Waals surface area contributed by atoms with E-state index < -0.39 is 6.10 Å². The zero-order chi connectivity index (χ0) is 15.5. The molecule has 120 valence electrons. The van der Waals surface area contributed by atoms with Gasteiger partial charge in [0.05, 0.1) is 6.61 Å². The number of nitrogens with zero attached hydrogens (tertiary/aromatic N) is 1. The van der Waals surface area contributed by atoms with Gasteiger partial charge in [-0.3, -0.25) is 0 Å². The number of nitrogens with one attached hydrogen (secondary N) is 1. The molecule has 1 atom stereocenters. The molecule has 5 nitrogen and oxygen atoms in total. The summed E-state index contributed by atoms with van der Waals surface area (Å²) in [7, 11) is 3.74. The highest BCUT2D eigenvalue weighted by Crippen LogP contribution is 2.15. The Bertz CT molecular complexity index is 376. The van der Waals surface area contributed by atoms with Crippen molar-refractivity contribution in [3.8, 4) is 5.75 Å². The van der Waals surface area contributed by atoms with E-state index in [9.17, 15) is 5.11 Å². The molecule has 0 amide bonds. The van der Waals surface area contributed by atoms with Crippen LogP contribution in [0.5, 0.6) is 5.75 Å². The molecule has 0 aliphatic rings. The Hall–Kier alpha value is -0.850. The van der Waals surface area contributed by atoms with Crippen LogP contribution >= 0.6 is 11.6 Å². The largest absolute Gasteiger partial charge is 0.491 e. The van der Waals surface area contributed by atoms with E-state index in [2.05, 4.69) is 10.2 Å². The minimum Gasteiger partial charge on any atom is -0.491 e. The third-order valence-corrected chi connectivity index (χ3v) is 3.24. The lowest BCUT2D eigenvalue weighted by Crippen LogP contribution is -2.36. The van der Waals surface area contributed by atoms with E-state index in [0.717, 1.165) is 26.2 Å². The van der Waals surface area contributed by atoms with E-state index in [4.69, 9.17) is 21.1 Å². The van der Waals surface area contributed by atoms with Crippen molar-refractivity contribution in [3.05, 3.63) is 29.3 Å². The summed E-state index contributed by atoms with van der Waals surface area (Å²) in [5.41, 5.74) is 0. The molecule has 0 bridgehead atoms. The molecular formula is C15H25ClN2O3. The van der Waals surface area contributed by atoms with Crippen LogP contribution in [0.25, 0.3) is 0 Å². The molecule has 6 heteroatoms. The molecule has 0 saturated heterocycles. The van der Waals surface area contributed by atoms with Crippen LogP contribution in [0.15, 0.2) is 24.3 Å². The first-order chi connectivity index (χ1) is 10.1. The number of aliphatic hydroxyl groups is 1. The molecule has 1 aromatic carbocycles. The van der Waals surface area contributed by atoms with Gasteiger partial charge in [0.15, 0.2) is 0 Å². The van der Waals surface area contributed by atoms with Crippen molar-refractivity contribution in [2.45, 2.75) is 6.10 Å². The summed E-state index contributed by atoms with van der Waals surface area (Å²) in [6.07, 6.45) is -0.537. The number of benzene rings is 1. The first-order valence-corrected chi connectivity index (χ1v) is 7.44. The first kappa shape index (κ1) is 18.2. The predicted octanol–water partition coefficient (Wildman–Crippen LogP) is 1.25. The standard InChI is InChI=1S/C15H25ClN2O3/c1-18(9-10-20-2)8-7-17-11-14(19)12-21-15-5-3-13(16)4-6-15/h3-6,14,17,19H,7-12H2,1-2H3. The molecular weight excluding hydrogens is 292 g/mol. The third-order valence-electron chi connectivity index (χ3n) is 2.98. The van der Waals surface area contributed by atoms with Gasteiger partial charge in [-0.15, -0.1) is 0 Å². The highest BCUT2D eigenvalue weighted by Gasteiger charge is 2.05. The Morgan fingerprint density at radius 3 is 2.67 bits per heavy atom. The summed E-state index contributed by atoms with van der Waals surface area (Å²) in [4.78, 5) is 2.17. The molecule has 2 N–H and O–H groups in total. The Labute approximate surface area is 131 Å². The minimum absolute atomic E-state index is 0.258. The number of hydrogen-bond donors (Lipinski definition) is 2. The van der Waals surface area contributed by atoms with E-state index >= 15 is 0 Å². The van der Waals surface area contributed by atoms with Crippen molar-refractivity contribution >= 4 is 11.6 Å². The number of ether oxygens (including phenoxy) is 2. The maximum Gasteiger partial charge on any atom is 0.119 e. The Morgan fingerprint density at radius 2 is 2.00 bits per heavy atom. The summed E-state index contributed by atoms with van der Waals surface area (Å²) in [6, 6.07) is 7.09. The predicted molar refractivity (Wildman–Crippen MR) is 85.2 cm³/mol. The van der Waals surface area contributed by atoms with Gasteiger partial charge in [0.1, 0.15) is 18.5 Å². The summed E-state index contributed by atoms with van der Waals surface area (Å²) in [6.45, 7) is 4.13. The van der Waals surface area contributed by atoms with Gasteiger partial charge < -0.3 is 24.8 Å². The van der Waals surface area contributed by atoms with E-state index in [-0.39, 0.29) is 6.61 Å². The van der Waals surface area contributed by atoms with E-state index in [1.165, 1.54) is 0 Å². The molecule has 1 aromatic rings. The second-order valence-electron chi connectivity index (χ2n) is 4.92. The van der Waals surface area contributed by atoms with Gasteiger partial charge in [-0.05, 0) is 31.3 Å². The van der Waals surface area contributed by atoms with Crippen molar-refractivity contribution in [2.75, 3.05) is 53.6 Å². The molecule has 1 unspecified atom stereocenters. The maximum absolute atomic E-state index is 9.82. The molecule has 0 heterocycles. The van der Waals surface area contributed by atoms with Crippen molar-refractivity contribution in [2.24, 2.45) is 0 Å². The van der Waals surface area contributed by atoms with Gasteiger partial charge in [-0.1, -0.05) is 11.6 Å². The lowest BCUT2D eigenvalue weighted by molar-refractivity contribution is 0.105. The fourth-order valence-electron chi connectivity index (χ4n) is 1.68.